The standard InChI is InChI=1S/C19H23N5O5/c1-5-28-13-8-7-12(9-14(13)29-6-2)21-15(25)10-24-11-20-17-16(24)18(26)23(4)19(27)22(17)3/h7-9,11H,5-6,10H2,1-4H3,(H,21,25). The van der Waals surface area contributed by atoms with Crippen molar-refractivity contribution in [2.45, 2.75) is 20.4 Å². The van der Waals surface area contributed by atoms with Crippen molar-refractivity contribution in [1.29, 1.82) is 0 Å². The number of fused-ring (bicyclic) bond motifs is 1. The van der Waals surface area contributed by atoms with Crippen LogP contribution in [0.3, 0.4) is 0 Å². The smallest absolute Gasteiger partial charge is 0.332 e. The zero-order chi connectivity index (χ0) is 21.1. The van der Waals surface area contributed by atoms with Gasteiger partial charge in [0.2, 0.25) is 5.91 Å². The van der Waals surface area contributed by atoms with Crippen molar-refractivity contribution in [3.8, 4) is 11.5 Å². The number of benzene rings is 1. The van der Waals surface area contributed by atoms with Crippen LogP contribution in [-0.2, 0) is 25.4 Å². The largest absolute Gasteiger partial charge is 0.490 e. The number of carbonyl (C=O) groups excluding carboxylic acids is 1. The predicted octanol–water partition coefficient (Wildman–Crippen LogP) is 0.870. The Morgan fingerprint density at radius 3 is 2.45 bits per heavy atom. The van der Waals surface area contributed by atoms with Gasteiger partial charge in [-0.05, 0) is 26.0 Å². The number of rotatable bonds is 7. The average Bonchev–Trinajstić information content (AvgIpc) is 3.10. The Morgan fingerprint density at radius 1 is 1.07 bits per heavy atom. The molecule has 2 aromatic heterocycles. The van der Waals surface area contributed by atoms with Crippen LogP contribution in [0, 0.1) is 0 Å². The van der Waals surface area contributed by atoms with E-state index in [1.807, 2.05) is 13.8 Å². The molecule has 0 aliphatic carbocycles. The van der Waals surface area contributed by atoms with Crippen LogP contribution >= 0.6 is 0 Å². The third kappa shape index (κ3) is 3.86. The number of nitrogens with one attached hydrogen (secondary N) is 1. The quantitative estimate of drug-likeness (QED) is 0.629. The van der Waals surface area contributed by atoms with Crippen molar-refractivity contribution in [3.63, 3.8) is 0 Å². The van der Waals surface area contributed by atoms with Crippen molar-refractivity contribution in [2.24, 2.45) is 14.1 Å². The number of amides is 1. The molecule has 10 nitrogen and oxygen atoms in total. The van der Waals surface area contributed by atoms with Crippen molar-refractivity contribution in [3.05, 3.63) is 45.4 Å². The zero-order valence-electron chi connectivity index (χ0n) is 16.8. The Hall–Kier alpha value is -3.56. The molecule has 0 saturated carbocycles. The third-order valence-electron chi connectivity index (χ3n) is 4.36. The predicted molar refractivity (Wildman–Crippen MR) is 108 cm³/mol. The second-order valence-corrected chi connectivity index (χ2v) is 6.33. The summed E-state index contributed by atoms with van der Waals surface area (Å²) in [6.07, 6.45) is 1.37. The van der Waals surface area contributed by atoms with Crippen molar-refractivity contribution in [2.75, 3.05) is 18.5 Å². The number of aromatic nitrogens is 4. The Balaban J connectivity index is 1.86. The first-order valence-electron chi connectivity index (χ1n) is 9.17. The minimum absolute atomic E-state index is 0.138. The molecule has 3 rings (SSSR count). The van der Waals surface area contributed by atoms with Crippen LogP contribution in [0.5, 0.6) is 11.5 Å². The summed E-state index contributed by atoms with van der Waals surface area (Å²) in [7, 11) is 2.91. The molecule has 0 radical (unpaired) electrons. The molecular weight excluding hydrogens is 378 g/mol. The van der Waals surface area contributed by atoms with E-state index in [2.05, 4.69) is 10.3 Å². The van der Waals surface area contributed by atoms with E-state index in [1.165, 1.54) is 29.6 Å². The Morgan fingerprint density at radius 2 is 1.76 bits per heavy atom. The van der Waals surface area contributed by atoms with Gasteiger partial charge < -0.3 is 19.4 Å². The normalized spacial score (nSPS) is 10.9. The molecule has 0 bridgehead atoms. The summed E-state index contributed by atoms with van der Waals surface area (Å²) in [5.74, 6) is 0.772. The summed E-state index contributed by atoms with van der Waals surface area (Å²) in [5, 5.41) is 2.77. The van der Waals surface area contributed by atoms with Gasteiger partial charge in [-0.25, -0.2) is 9.78 Å². The Bertz CT molecular complexity index is 1170. The highest BCUT2D eigenvalue weighted by molar-refractivity contribution is 5.91. The summed E-state index contributed by atoms with van der Waals surface area (Å²) in [6, 6.07) is 5.11. The van der Waals surface area contributed by atoms with E-state index < -0.39 is 11.2 Å². The third-order valence-corrected chi connectivity index (χ3v) is 4.36. The van der Waals surface area contributed by atoms with Crippen LogP contribution in [0.25, 0.3) is 11.2 Å². The molecule has 10 heteroatoms. The van der Waals surface area contributed by atoms with E-state index in [0.717, 1.165) is 4.57 Å². The van der Waals surface area contributed by atoms with Gasteiger partial charge in [-0.3, -0.25) is 18.7 Å². The van der Waals surface area contributed by atoms with Gasteiger partial charge in [0, 0.05) is 25.8 Å². The maximum atomic E-state index is 12.5. The minimum atomic E-state index is -0.506. The molecule has 0 unspecified atom stereocenters. The second kappa shape index (κ2) is 8.21. The lowest BCUT2D eigenvalue weighted by Gasteiger charge is -2.13. The summed E-state index contributed by atoms with van der Waals surface area (Å²) >= 11 is 0. The second-order valence-electron chi connectivity index (χ2n) is 6.33. The van der Waals surface area contributed by atoms with Crippen LogP contribution in [0.4, 0.5) is 5.69 Å². The monoisotopic (exact) mass is 401 g/mol. The van der Waals surface area contributed by atoms with Gasteiger partial charge in [0.05, 0.1) is 19.5 Å². The van der Waals surface area contributed by atoms with Crippen LogP contribution < -0.4 is 26.0 Å². The van der Waals surface area contributed by atoms with Gasteiger partial charge in [0.25, 0.3) is 5.56 Å². The highest BCUT2D eigenvalue weighted by atomic mass is 16.5. The molecule has 0 spiro atoms. The maximum absolute atomic E-state index is 12.5. The number of hydrogen-bond acceptors (Lipinski definition) is 6. The lowest BCUT2D eigenvalue weighted by Crippen LogP contribution is -2.37. The van der Waals surface area contributed by atoms with E-state index in [4.69, 9.17) is 9.47 Å². The molecule has 2 heterocycles. The van der Waals surface area contributed by atoms with Crippen LogP contribution in [0.1, 0.15) is 13.8 Å². The first-order valence-corrected chi connectivity index (χ1v) is 9.17. The van der Waals surface area contributed by atoms with Gasteiger partial charge in [0.1, 0.15) is 6.54 Å². The minimum Gasteiger partial charge on any atom is -0.490 e. The van der Waals surface area contributed by atoms with Crippen molar-refractivity contribution < 1.29 is 14.3 Å². The van der Waals surface area contributed by atoms with Gasteiger partial charge in [0.15, 0.2) is 22.7 Å². The number of anilines is 1. The zero-order valence-corrected chi connectivity index (χ0v) is 16.8. The van der Waals surface area contributed by atoms with E-state index in [0.29, 0.717) is 30.4 Å². The van der Waals surface area contributed by atoms with E-state index in [1.54, 1.807) is 18.2 Å². The molecule has 0 atom stereocenters. The lowest BCUT2D eigenvalue weighted by molar-refractivity contribution is -0.116. The van der Waals surface area contributed by atoms with E-state index in [9.17, 15) is 14.4 Å². The fraction of sp³-hybridized carbons (Fsp3) is 0.368. The van der Waals surface area contributed by atoms with Crippen LogP contribution in [0.15, 0.2) is 34.1 Å². The molecule has 29 heavy (non-hydrogen) atoms. The lowest BCUT2D eigenvalue weighted by atomic mass is 10.2. The highest BCUT2D eigenvalue weighted by Crippen LogP contribution is 2.30. The molecule has 1 N–H and O–H groups in total. The van der Waals surface area contributed by atoms with Gasteiger partial charge >= 0.3 is 5.69 Å². The molecule has 1 aromatic carbocycles. The summed E-state index contributed by atoms with van der Waals surface area (Å²) in [4.78, 5) is 41.1. The number of hydrogen-bond donors (Lipinski definition) is 1. The van der Waals surface area contributed by atoms with Gasteiger partial charge in [-0.2, -0.15) is 0 Å². The summed E-state index contributed by atoms with van der Waals surface area (Å²) in [6.45, 7) is 4.55. The fourth-order valence-corrected chi connectivity index (χ4v) is 3.00. The molecule has 0 fully saturated rings. The molecule has 0 aliphatic heterocycles. The Labute approximate surface area is 166 Å². The number of aryl methyl sites for hydroxylation is 1. The molecular formula is C19H23N5O5. The first kappa shape index (κ1) is 20.2. The van der Waals surface area contributed by atoms with Crippen LogP contribution in [0.2, 0.25) is 0 Å². The fourth-order valence-electron chi connectivity index (χ4n) is 3.00. The molecule has 154 valence electrons. The number of carbonyl (C=O) groups is 1. The van der Waals surface area contributed by atoms with E-state index >= 15 is 0 Å². The maximum Gasteiger partial charge on any atom is 0.332 e. The van der Waals surface area contributed by atoms with Crippen molar-refractivity contribution in [1.82, 2.24) is 18.7 Å². The van der Waals surface area contributed by atoms with E-state index in [-0.39, 0.29) is 23.6 Å². The average molecular weight is 401 g/mol. The van der Waals surface area contributed by atoms with Crippen LogP contribution in [-0.4, -0.2) is 37.8 Å². The molecule has 0 aliphatic rings. The number of imidazole rings is 1. The Kier molecular flexibility index (Phi) is 5.71. The SMILES string of the molecule is CCOc1ccc(NC(=O)Cn2cnc3c2c(=O)n(C)c(=O)n3C)cc1OCC. The number of ether oxygens (including phenoxy) is 2. The number of nitrogens with zero attached hydrogens (tertiary/aromatic N) is 4. The first-order chi connectivity index (χ1) is 13.9. The summed E-state index contributed by atoms with van der Waals surface area (Å²) in [5.41, 5.74) is -0.0354. The highest BCUT2D eigenvalue weighted by Gasteiger charge is 2.16. The van der Waals surface area contributed by atoms with Gasteiger partial charge in [-0.1, -0.05) is 0 Å². The summed E-state index contributed by atoms with van der Waals surface area (Å²) < 4.78 is 14.8. The molecule has 3 aromatic rings. The molecule has 1 amide bonds. The topological polar surface area (TPSA) is 109 Å². The molecule has 0 saturated heterocycles. The van der Waals surface area contributed by atoms with Crippen molar-refractivity contribution >= 4 is 22.8 Å². The van der Waals surface area contributed by atoms with Gasteiger partial charge in [-0.15, -0.1) is 0 Å².